The number of benzene rings is 2. The van der Waals surface area contributed by atoms with E-state index >= 15 is 8.78 Å². The molecule has 0 unspecified atom stereocenters. The van der Waals surface area contributed by atoms with Gasteiger partial charge in [0.05, 0.1) is 36.5 Å². The summed E-state index contributed by atoms with van der Waals surface area (Å²) in [6.45, 7) is 10.3. The molecule has 11 nitrogen and oxygen atoms in total. The number of aromatic nitrogens is 3. The number of methoxy groups -OCH3 is 1. The van der Waals surface area contributed by atoms with Gasteiger partial charge in [-0.1, -0.05) is 38.1 Å². The SMILES string of the molecule is COCCOCCNC(=O)N1CCN(c2nc(=O)n(-c3c(C)cccc3C(C)C)c3nc(-c4c(O)cccc4F)c(F)cc23)[C@@H](C)C1. The number of fused-ring (bicyclic) bond motifs is 1. The molecular weight excluding hydrogens is 610 g/mol. The summed E-state index contributed by atoms with van der Waals surface area (Å²) in [6, 6.07) is 9.96. The third-order valence-electron chi connectivity index (χ3n) is 8.29. The number of rotatable bonds is 10. The van der Waals surface area contributed by atoms with Gasteiger partial charge in [-0.15, -0.1) is 0 Å². The average molecular weight is 651 g/mol. The minimum atomic E-state index is -0.890. The van der Waals surface area contributed by atoms with Gasteiger partial charge in [0.15, 0.2) is 11.5 Å². The molecule has 1 fully saturated rings. The average Bonchev–Trinajstić information content (AvgIpc) is 3.03. The molecule has 1 aliphatic heterocycles. The van der Waals surface area contributed by atoms with Crippen molar-refractivity contribution in [3.8, 4) is 22.7 Å². The topological polar surface area (TPSA) is 122 Å². The summed E-state index contributed by atoms with van der Waals surface area (Å²) in [5.41, 5.74) is 0.756. The summed E-state index contributed by atoms with van der Waals surface area (Å²) < 4.78 is 42.7. The van der Waals surface area contributed by atoms with Crippen molar-refractivity contribution in [2.75, 3.05) is 58.0 Å². The first kappa shape index (κ1) is 33.7. The summed E-state index contributed by atoms with van der Waals surface area (Å²) in [6.07, 6.45) is 0. The molecule has 1 atom stereocenters. The molecule has 0 aliphatic carbocycles. The number of aromatic hydroxyl groups is 1. The number of hydrogen-bond donors (Lipinski definition) is 2. The first-order chi connectivity index (χ1) is 22.5. The number of anilines is 1. The quantitative estimate of drug-likeness (QED) is 0.236. The van der Waals surface area contributed by atoms with E-state index in [0.717, 1.165) is 17.2 Å². The maximum absolute atomic E-state index is 16.0. The Morgan fingerprint density at radius 2 is 1.85 bits per heavy atom. The highest BCUT2D eigenvalue weighted by atomic mass is 19.1. The lowest BCUT2D eigenvalue weighted by molar-refractivity contribution is 0.0719. The van der Waals surface area contributed by atoms with Crippen molar-refractivity contribution in [1.82, 2.24) is 24.8 Å². The molecule has 4 aromatic rings. The number of phenols is 1. The number of pyridine rings is 1. The summed E-state index contributed by atoms with van der Waals surface area (Å²) in [4.78, 5) is 39.5. The van der Waals surface area contributed by atoms with Gasteiger partial charge in [0, 0.05) is 39.3 Å². The van der Waals surface area contributed by atoms with Gasteiger partial charge in [0.2, 0.25) is 0 Å². The van der Waals surface area contributed by atoms with Crippen molar-refractivity contribution >= 4 is 22.9 Å². The normalized spacial score (nSPS) is 15.1. The lowest BCUT2D eigenvalue weighted by Gasteiger charge is -2.40. The first-order valence-corrected chi connectivity index (χ1v) is 15.6. The molecule has 0 spiro atoms. The van der Waals surface area contributed by atoms with Gasteiger partial charge >= 0.3 is 11.7 Å². The first-order valence-electron chi connectivity index (χ1n) is 15.6. The monoisotopic (exact) mass is 650 g/mol. The van der Waals surface area contributed by atoms with E-state index in [4.69, 9.17) is 9.47 Å². The molecule has 2 aromatic carbocycles. The molecule has 13 heteroatoms. The summed E-state index contributed by atoms with van der Waals surface area (Å²) >= 11 is 0. The predicted molar refractivity (Wildman–Crippen MR) is 175 cm³/mol. The number of carbonyl (C=O) groups excluding carboxylic acids is 1. The highest BCUT2D eigenvalue weighted by Gasteiger charge is 2.31. The van der Waals surface area contributed by atoms with Crippen LogP contribution in [0.1, 0.15) is 37.8 Å². The van der Waals surface area contributed by atoms with E-state index in [9.17, 15) is 14.7 Å². The second-order valence-electron chi connectivity index (χ2n) is 11.9. The smallest absolute Gasteiger partial charge is 0.355 e. The number of halogens is 2. The number of aryl methyl sites for hydroxylation is 1. The lowest BCUT2D eigenvalue weighted by atomic mass is 9.98. The lowest BCUT2D eigenvalue weighted by Crippen LogP contribution is -2.56. The molecule has 5 rings (SSSR count). The molecule has 3 heterocycles. The van der Waals surface area contributed by atoms with Crippen molar-refractivity contribution < 1.29 is 28.2 Å². The molecule has 2 N–H and O–H groups in total. The number of hydrogen-bond acceptors (Lipinski definition) is 8. The van der Waals surface area contributed by atoms with Crippen LogP contribution in [0, 0.1) is 18.6 Å². The van der Waals surface area contributed by atoms with E-state index in [1.807, 2.05) is 50.8 Å². The van der Waals surface area contributed by atoms with Crippen LogP contribution >= 0.6 is 0 Å². The van der Waals surface area contributed by atoms with Gasteiger partial charge in [-0.05, 0) is 49.1 Å². The Bertz CT molecular complexity index is 1810. The van der Waals surface area contributed by atoms with Gasteiger partial charge in [0.25, 0.3) is 0 Å². The van der Waals surface area contributed by atoms with Gasteiger partial charge in [-0.2, -0.15) is 4.98 Å². The maximum atomic E-state index is 16.0. The largest absolute Gasteiger partial charge is 0.507 e. The molecule has 2 amide bonds. The standard InChI is InChI=1S/C34H40F2N6O5/c1-20(2)23-9-6-8-21(3)30(23)42-32-24(18-26(36)29(38-32)28-25(35)10-7-11-27(28)43)31(39-34(42)45)41-14-13-40(19-22(41)4)33(44)37-12-15-47-17-16-46-5/h6-11,18,20,22,43H,12-17,19H2,1-5H3,(H,37,44)/t22-/m0/s1. The second-order valence-corrected chi connectivity index (χ2v) is 11.9. The van der Waals surface area contributed by atoms with E-state index in [1.54, 1.807) is 12.0 Å². The number of carbonyl (C=O) groups is 1. The molecule has 1 aliphatic rings. The number of nitrogens with one attached hydrogen (secondary N) is 1. The molecule has 0 bridgehead atoms. The van der Waals surface area contributed by atoms with Crippen LogP contribution in [-0.2, 0) is 9.47 Å². The van der Waals surface area contributed by atoms with E-state index in [0.29, 0.717) is 51.7 Å². The van der Waals surface area contributed by atoms with Gasteiger partial charge < -0.3 is 29.7 Å². The fourth-order valence-corrected chi connectivity index (χ4v) is 5.94. The van der Waals surface area contributed by atoms with Crippen LogP contribution in [0.5, 0.6) is 5.75 Å². The van der Waals surface area contributed by atoms with E-state index < -0.39 is 34.3 Å². The van der Waals surface area contributed by atoms with Crippen molar-refractivity contribution in [1.29, 1.82) is 0 Å². The number of amides is 2. The Morgan fingerprint density at radius 3 is 2.55 bits per heavy atom. The summed E-state index contributed by atoms with van der Waals surface area (Å²) in [5, 5.41) is 13.6. The van der Waals surface area contributed by atoms with E-state index in [2.05, 4.69) is 15.3 Å². The van der Waals surface area contributed by atoms with Crippen molar-refractivity contribution in [2.45, 2.75) is 39.7 Å². The van der Waals surface area contributed by atoms with Crippen molar-refractivity contribution in [3.05, 3.63) is 75.7 Å². The maximum Gasteiger partial charge on any atom is 0.355 e. The van der Waals surface area contributed by atoms with Crippen LogP contribution < -0.4 is 15.9 Å². The van der Waals surface area contributed by atoms with Crippen LogP contribution in [0.4, 0.5) is 19.4 Å². The second kappa shape index (κ2) is 14.4. The van der Waals surface area contributed by atoms with Crippen molar-refractivity contribution in [2.24, 2.45) is 0 Å². The number of para-hydroxylation sites is 1. The summed E-state index contributed by atoms with van der Waals surface area (Å²) in [7, 11) is 1.59. The zero-order chi connectivity index (χ0) is 33.8. The van der Waals surface area contributed by atoms with Crippen LogP contribution in [0.2, 0.25) is 0 Å². The third kappa shape index (κ3) is 6.91. The number of ether oxygens (including phenoxy) is 2. The molecule has 1 saturated heterocycles. The molecule has 0 radical (unpaired) electrons. The van der Waals surface area contributed by atoms with E-state index in [-0.39, 0.29) is 34.8 Å². The third-order valence-corrected chi connectivity index (χ3v) is 8.29. The highest BCUT2D eigenvalue weighted by molar-refractivity contribution is 5.91. The number of phenolic OH excluding ortho intramolecular Hbond substituents is 1. The number of nitrogens with zero attached hydrogens (tertiary/aromatic N) is 5. The van der Waals surface area contributed by atoms with E-state index in [1.165, 1.54) is 22.8 Å². The van der Waals surface area contributed by atoms with Gasteiger partial charge in [-0.25, -0.2) is 27.9 Å². The van der Waals surface area contributed by atoms with Crippen LogP contribution in [0.3, 0.4) is 0 Å². The molecule has 0 saturated carbocycles. The van der Waals surface area contributed by atoms with Crippen molar-refractivity contribution in [3.63, 3.8) is 0 Å². The Labute approximate surface area is 271 Å². The molecule has 250 valence electrons. The minimum absolute atomic E-state index is 0.0122. The minimum Gasteiger partial charge on any atom is -0.507 e. The number of urea groups is 1. The Kier molecular flexibility index (Phi) is 10.4. The number of piperazine rings is 1. The Morgan fingerprint density at radius 1 is 1.09 bits per heavy atom. The molecular formula is C34H40F2N6O5. The fourth-order valence-electron chi connectivity index (χ4n) is 5.94. The van der Waals surface area contributed by atoms with Crippen LogP contribution in [-0.4, -0.2) is 89.7 Å². The van der Waals surface area contributed by atoms with Crippen LogP contribution in [0.25, 0.3) is 28.0 Å². The zero-order valence-electron chi connectivity index (χ0n) is 27.2. The molecule has 2 aromatic heterocycles. The fraction of sp³-hybridized carbons (Fsp3) is 0.412. The summed E-state index contributed by atoms with van der Waals surface area (Å²) in [5.74, 6) is -2.02. The molecule has 47 heavy (non-hydrogen) atoms. The van der Waals surface area contributed by atoms with Crippen LogP contribution in [0.15, 0.2) is 47.3 Å². The predicted octanol–water partition coefficient (Wildman–Crippen LogP) is 4.75. The Hall–Kier alpha value is -4.62. The zero-order valence-corrected chi connectivity index (χ0v) is 27.2. The highest BCUT2D eigenvalue weighted by Crippen LogP contribution is 2.37. The van der Waals surface area contributed by atoms with Gasteiger partial charge in [0.1, 0.15) is 23.1 Å². The Balaban J connectivity index is 1.58. The van der Waals surface area contributed by atoms with Gasteiger partial charge in [-0.3, -0.25) is 0 Å².